The van der Waals surface area contributed by atoms with E-state index in [1.807, 2.05) is 79.7 Å². The van der Waals surface area contributed by atoms with E-state index in [1.54, 1.807) is 17.3 Å². The Morgan fingerprint density at radius 2 is 1.62 bits per heavy atom. The van der Waals surface area contributed by atoms with Gasteiger partial charge in [0.2, 0.25) is 0 Å². The maximum absolute atomic E-state index is 16.8. The predicted octanol–water partition coefficient (Wildman–Crippen LogP) is 7.48. The number of hydrogen-bond donors (Lipinski definition) is 1. The number of aromatic amines is 1. The molecule has 0 unspecified atom stereocenters. The summed E-state index contributed by atoms with van der Waals surface area (Å²) in [5.41, 5.74) is 3.46. The highest BCUT2D eigenvalue weighted by Gasteiger charge is 2.52. The van der Waals surface area contributed by atoms with Crippen LogP contribution in [0.25, 0.3) is 10.9 Å². The van der Waals surface area contributed by atoms with Crippen LogP contribution in [0.1, 0.15) is 62.5 Å². The summed E-state index contributed by atoms with van der Waals surface area (Å²) in [6.07, 6.45) is 5.12. The van der Waals surface area contributed by atoms with Crippen LogP contribution in [0.4, 0.5) is 17.6 Å². The molecule has 2 aliphatic rings. The zero-order chi connectivity index (χ0) is 37.4. The van der Waals surface area contributed by atoms with Gasteiger partial charge in [0.1, 0.15) is 5.82 Å². The van der Waals surface area contributed by atoms with Gasteiger partial charge in [0.25, 0.3) is 14.2 Å². The highest BCUT2D eigenvalue weighted by Crippen LogP contribution is 2.43. The Morgan fingerprint density at radius 3 is 2.25 bits per heavy atom. The summed E-state index contributed by atoms with van der Waals surface area (Å²) < 4.78 is 69.2. The zero-order valence-electron chi connectivity index (χ0n) is 31.0. The smallest absolute Gasteiger partial charge is 0.282 e. The summed E-state index contributed by atoms with van der Waals surface area (Å²) in [5, 5.41) is 9.54. The van der Waals surface area contributed by atoms with Crippen molar-refractivity contribution < 1.29 is 22.0 Å². The van der Waals surface area contributed by atoms with Gasteiger partial charge in [0.05, 0.1) is 43.3 Å². The molecule has 1 N–H and O–H groups in total. The second-order valence-electron chi connectivity index (χ2n) is 16.0. The lowest BCUT2D eigenvalue weighted by molar-refractivity contribution is -0.0823. The molecule has 2 atom stereocenters. The Morgan fingerprint density at radius 1 is 0.943 bits per heavy atom. The van der Waals surface area contributed by atoms with Crippen molar-refractivity contribution in [2.75, 3.05) is 39.5 Å². The van der Waals surface area contributed by atoms with Crippen molar-refractivity contribution in [1.29, 1.82) is 0 Å². The number of rotatable bonds is 13. The van der Waals surface area contributed by atoms with Crippen molar-refractivity contribution in [2.45, 2.75) is 70.0 Å². The summed E-state index contributed by atoms with van der Waals surface area (Å²) in [6.45, 7) is 8.79. The van der Waals surface area contributed by atoms with Crippen molar-refractivity contribution in [3.63, 3.8) is 0 Å². The monoisotopic (exact) mass is 743 g/mol. The molecule has 5 aromatic rings. The van der Waals surface area contributed by atoms with Crippen LogP contribution in [0, 0.1) is 11.7 Å². The van der Waals surface area contributed by atoms with E-state index in [0.29, 0.717) is 25.2 Å². The van der Waals surface area contributed by atoms with Gasteiger partial charge in [-0.25, -0.2) is 13.2 Å². The van der Waals surface area contributed by atoms with Gasteiger partial charge in [-0.05, 0) is 76.3 Å². The van der Waals surface area contributed by atoms with Crippen molar-refractivity contribution in [2.24, 2.45) is 5.92 Å². The fourth-order valence-corrected chi connectivity index (χ4v) is 13.3. The molecule has 2 aliphatic heterocycles. The van der Waals surface area contributed by atoms with Gasteiger partial charge in [-0.15, -0.1) is 0 Å². The third-order valence-electron chi connectivity index (χ3n) is 11.1. The van der Waals surface area contributed by atoms with E-state index in [9.17, 15) is 4.39 Å². The van der Waals surface area contributed by atoms with Crippen LogP contribution in [0.15, 0.2) is 91.3 Å². The number of H-pyrrole nitrogens is 1. The molecule has 1 fully saturated rings. The minimum atomic E-state index is -3.29. The van der Waals surface area contributed by atoms with Gasteiger partial charge >= 0.3 is 0 Å². The fraction of sp³-hybridized carbons (Fsp3) is 0.429. The fourth-order valence-electron chi connectivity index (χ4n) is 8.67. The second-order valence-corrected chi connectivity index (χ2v) is 20.3. The Labute approximate surface area is 310 Å². The van der Waals surface area contributed by atoms with E-state index in [2.05, 4.69) is 40.9 Å². The molecule has 1 saturated heterocycles. The topological polar surface area (TPSA) is 57.3 Å². The van der Waals surface area contributed by atoms with Crippen LogP contribution in [-0.2, 0) is 17.3 Å². The van der Waals surface area contributed by atoms with Gasteiger partial charge in [-0.1, -0.05) is 87.5 Å². The number of pyridine rings is 1. The van der Waals surface area contributed by atoms with Gasteiger partial charge in [-0.2, -0.15) is 5.10 Å². The average Bonchev–Trinajstić information content (AvgIpc) is 3.60. The molecule has 0 spiro atoms. The number of nitrogens with zero attached hydrogens (tertiary/aromatic N) is 4. The van der Waals surface area contributed by atoms with E-state index in [4.69, 9.17) is 4.43 Å². The predicted molar refractivity (Wildman–Crippen MR) is 205 cm³/mol. The largest absolute Gasteiger partial charge is 0.401 e. The summed E-state index contributed by atoms with van der Waals surface area (Å²) in [6, 6.07) is 23.6. The summed E-state index contributed by atoms with van der Waals surface area (Å²) in [7, 11) is -3.24. The highest BCUT2D eigenvalue weighted by atomic mass is 28.4. The number of halogens is 4. The summed E-state index contributed by atoms with van der Waals surface area (Å²) in [4.78, 5) is 8.60. The van der Waals surface area contributed by atoms with Crippen LogP contribution in [0.5, 0.6) is 0 Å². The molecule has 0 aliphatic carbocycles. The third-order valence-corrected chi connectivity index (χ3v) is 16.1. The lowest BCUT2D eigenvalue weighted by atomic mass is 9.84. The van der Waals surface area contributed by atoms with Gasteiger partial charge in [-0.3, -0.25) is 19.4 Å². The van der Waals surface area contributed by atoms with E-state index in [-0.39, 0.29) is 18.4 Å². The molecule has 2 aromatic heterocycles. The first-order chi connectivity index (χ1) is 25.4. The van der Waals surface area contributed by atoms with E-state index >= 15 is 13.2 Å². The number of likely N-dealkylation sites (tertiary alicyclic amines) is 1. The molecule has 3 aromatic carbocycles. The van der Waals surface area contributed by atoms with Crippen LogP contribution >= 0.6 is 0 Å². The van der Waals surface area contributed by atoms with E-state index in [1.165, 1.54) is 6.07 Å². The summed E-state index contributed by atoms with van der Waals surface area (Å²) >= 11 is 0. The first-order valence-corrected chi connectivity index (χ1v) is 20.6. The maximum atomic E-state index is 16.8. The van der Waals surface area contributed by atoms with Crippen molar-refractivity contribution in [3.8, 4) is 0 Å². The lowest BCUT2D eigenvalue weighted by Crippen LogP contribution is -2.67. The SMILES string of the molecule is C[C@@H]1Cc2c(ccc3[nH]ncc23)[C@@H](c2ncc(CC3CN(CCCF)C3)cc2F)N1CC(F)(F)CO[Si](c1ccccc1)(c1ccccc1)C(C)(C)C. The van der Waals surface area contributed by atoms with Crippen LogP contribution in [-0.4, -0.2) is 84.7 Å². The molecule has 0 radical (unpaired) electrons. The standard InChI is InChI=1S/C42H49F4N5OSi/c1-29-20-35-34(16-17-38-36(35)24-48-49-38)40(39-37(44)22-30(23-47-39)21-31-25-50(26-31)19-11-18-43)51(29)27-42(45,46)28-52-53(41(2,3)4,32-12-7-5-8-13-32)33-14-9-6-10-15-33/h5-10,12-17,22-24,29,31,40H,11,18-21,25-28H2,1-4H3,(H,48,49)/t29-,40+/m1/s1. The molecule has 6 nitrogen and oxygen atoms in total. The summed E-state index contributed by atoms with van der Waals surface area (Å²) in [5.74, 6) is -3.45. The van der Waals surface area contributed by atoms with Crippen molar-refractivity contribution in [3.05, 3.63) is 119 Å². The second kappa shape index (κ2) is 15.1. The van der Waals surface area contributed by atoms with Crippen molar-refractivity contribution >= 4 is 29.6 Å². The quantitative estimate of drug-likeness (QED) is 0.100. The number of benzene rings is 3. The van der Waals surface area contributed by atoms with Gasteiger partial charge in [0, 0.05) is 37.3 Å². The zero-order valence-corrected chi connectivity index (χ0v) is 32.0. The molecule has 0 amide bonds. The number of alkyl halides is 3. The molecular formula is C42H49F4N5OSi. The van der Waals surface area contributed by atoms with Crippen LogP contribution in [0.3, 0.4) is 0 Å². The number of fused-ring (bicyclic) bond motifs is 3. The minimum Gasteiger partial charge on any atom is -0.401 e. The maximum Gasteiger partial charge on any atom is 0.282 e. The molecule has 7 rings (SSSR count). The Hall–Kier alpha value is -3.90. The highest BCUT2D eigenvalue weighted by molar-refractivity contribution is 6.99. The normalized spacial score (nSPS) is 19.0. The van der Waals surface area contributed by atoms with Crippen molar-refractivity contribution in [1.82, 2.24) is 25.0 Å². The van der Waals surface area contributed by atoms with E-state index < -0.39 is 44.3 Å². The minimum absolute atomic E-state index is 0.131. The van der Waals surface area contributed by atoms with Gasteiger partial charge < -0.3 is 9.33 Å². The molecular weight excluding hydrogens is 695 g/mol. The third kappa shape index (κ3) is 7.45. The molecule has 4 heterocycles. The first-order valence-electron chi connectivity index (χ1n) is 18.7. The number of nitrogens with one attached hydrogen (secondary N) is 1. The Kier molecular flexibility index (Phi) is 10.6. The number of hydrogen-bond acceptors (Lipinski definition) is 5. The lowest BCUT2D eigenvalue weighted by Gasteiger charge is -2.45. The van der Waals surface area contributed by atoms with Crippen LogP contribution < -0.4 is 10.4 Å². The molecule has 11 heteroatoms. The number of aromatic nitrogens is 3. The Bertz CT molecular complexity index is 1960. The van der Waals surface area contributed by atoms with E-state index in [0.717, 1.165) is 57.6 Å². The molecule has 0 bridgehead atoms. The first kappa shape index (κ1) is 37.4. The average molecular weight is 744 g/mol. The molecule has 53 heavy (non-hydrogen) atoms. The molecule has 0 saturated carbocycles. The Balaban J connectivity index is 1.20. The van der Waals surface area contributed by atoms with Crippen LogP contribution in [0.2, 0.25) is 5.04 Å². The molecule has 280 valence electrons. The van der Waals surface area contributed by atoms with Gasteiger partial charge in [0.15, 0.2) is 0 Å².